The first kappa shape index (κ1) is 21.9. The fraction of sp³-hybridized carbons (Fsp3) is 0.310. The molecule has 2 fully saturated rings. The van der Waals surface area contributed by atoms with Crippen LogP contribution in [0.4, 0.5) is 5.69 Å². The van der Waals surface area contributed by atoms with Crippen molar-refractivity contribution < 1.29 is 14.5 Å². The highest BCUT2D eigenvalue weighted by molar-refractivity contribution is 5.71. The zero-order chi connectivity index (χ0) is 22.5. The lowest BCUT2D eigenvalue weighted by Gasteiger charge is -2.37. The summed E-state index contributed by atoms with van der Waals surface area (Å²) in [5.74, 6) is -0.652. The number of nitrogens with one attached hydrogen (secondary N) is 1. The van der Waals surface area contributed by atoms with Crippen LogP contribution in [0.15, 0.2) is 91.5 Å². The number of anilines is 1. The molecule has 3 aromatic carbocycles. The van der Waals surface area contributed by atoms with E-state index in [1.54, 1.807) is 0 Å². The van der Waals surface area contributed by atoms with Gasteiger partial charge in [0.25, 0.3) is 0 Å². The Morgan fingerprint density at radius 3 is 2.12 bits per heavy atom. The smallest absolute Gasteiger partial charge is 0.201 e. The first-order chi connectivity index (χ1) is 16.2. The lowest BCUT2D eigenvalue weighted by molar-refractivity contribution is -0.429. The van der Waals surface area contributed by atoms with Gasteiger partial charge in [-0.25, -0.2) is 9.78 Å². The maximum Gasteiger partial charge on any atom is 0.201 e. The number of ether oxygens (including phenoxy) is 1. The third-order valence-electron chi connectivity index (χ3n) is 6.70. The molecule has 170 valence electrons. The zero-order valence-corrected chi connectivity index (χ0v) is 18.9. The van der Waals surface area contributed by atoms with E-state index in [0.717, 1.165) is 48.9 Å². The molecule has 1 spiro atoms. The van der Waals surface area contributed by atoms with Gasteiger partial charge in [0.15, 0.2) is 0 Å². The molecular weight excluding hydrogens is 410 g/mol. The first-order valence-electron chi connectivity index (χ1n) is 11.9. The SMILES string of the molecule is C=C(c1ccc(-c2ccccc2)cc1)C1CCOC2(CCC(Nc3ccccc3)CC2)OO1. The Labute approximate surface area is 196 Å². The average Bonchev–Trinajstić information content (AvgIpc) is 3.09. The van der Waals surface area contributed by atoms with Crippen molar-refractivity contribution in [1.82, 2.24) is 0 Å². The summed E-state index contributed by atoms with van der Waals surface area (Å²) in [4.78, 5) is 11.9. The van der Waals surface area contributed by atoms with Gasteiger partial charge in [0.05, 0.1) is 6.61 Å². The van der Waals surface area contributed by atoms with Crippen molar-refractivity contribution in [3.8, 4) is 11.1 Å². The minimum atomic E-state index is -0.652. The van der Waals surface area contributed by atoms with Gasteiger partial charge in [-0.15, -0.1) is 0 Å². The fourth-order valence-corrected chi connectivity index (χ4v) is 4.70. The number of benzene rings is 3. The van der Waals surface area contributed by atoms with Crippen LogP contribution in [0, 0.1) is 0 Å². The molecule has 0 aromatic heterocycles. The molecule has 1 unspecified atom stereocenters. The van der Waals surface area contributed by atoms with Crippen LogP contribution < -0.4 is 5.32 Å². The van der Waals surface area contributed by atoms with E-state index in [9.17, 15) is 0 Å². The largest absolute Gasteiger partial charge is 0.382 e. The first-order valence-corrected chi connectivity index (χ1v) is 11.9. The molecular formula is C29H31NO3. The summed E-state index contributed by atoms with van der Waals surface area (Å²) in [7, 11) is 0. The average molecular weight is 442 g/mol. The Hall–Kier alpha value is -2.92. The van der Waals surface area contributed by atoms with Crippen molar-refractivity contribution in [2.45, 2.75) is 50.0 Å². The second-order valence-corrected chi connectivity index (χ2v) is 8.97. The van der Waals surface area contributed by atoms with E-state index in [1.807, 2.05) is 12.1 Å². The van der Waals surface area contributed by atoms with E-state index in [4.69, 9.17) is 14.5 Å². The highest BCUT2D eigenvalue weighted by atomic mass is 17.2. The molecule has 4 heteroatoms. The molecule has 1 atom stereocenters. The molecule has 5 rings (SSSR count). The van der Waals surface area contributed by atoms with Crippen LogP contribution in [0.2, 0.25) is 0 Å². The van der Waals surface area contributed by atoms with Crippen LogP contribution in [-0.4, -0.2) is 24.5 Å². The molecule has 1 saturated heterocycles. The summed E-state index contributed by atoms with van der Waals surface area (Å²) in [5, 5.41) is 3.62. The van der Waals surface area contributed by atoms with E-state index in [-0.39, 0.29) is 6.10 Å². The molecule has 33 heavy (non-hydrogen) atoms. The van der Waals surface area contributed by atoms with E-state index in [1.165, 1.54) is 11.1 Å². The normalized spacial score (nSPS) is 25.3. The van der Waals surface area contributed by atoms with Gasteiger partial charge in [-0.05, 0) is 47.2 Å². The molecule has 3 aromatic rings. The molecule has 1 aliphatic carbocycles. The summed E-state index contributed by atoms with van der Waals surface area (Å²) in [5.41, 5.74) is 5.54. The Morgan fingerprint density at radius 2 is 1.42 bits per heavy atom. The quantitative estimate of drug-likeness (QED) is 0.439. The summed E-state index contributed by atoms with van der Waals surface area (Å²) in [6.45, 7) is 4.91. The van der Waals surface area contributed by atoms with Gasteiger partial charge in [0.2, 0.25) is 5.79 Å². The van der Waals surface area contributed by atoms with Gasteiger partial charge in [0, 0.05) is 31.0 Å². The summed E-state index contributed by atoms with van der Waals surface area (Å²) < 4.78 is 6.21. The van der Waals surface area contributed by atoms with E-state index >= 15 is 0 Å². The monoisotopic (exact) mass is 441 g/mol. The van der Waals surface area contributed by atoms with Gasteiger partial charge in [-0.1, -0.05) is 79.4 Å². The van der Waals surface area contributed by atoms with E-state index in [2.05, 4.69) is 84.7 Å². The number of para-hydroxylation sites is 1. The van der Waals surface area contributed by atoms with Crippen LogP contribution >= 0.6 is 0 Å². The van der Waals surface area contributed by atoms with Gasteiger partial charge in [-0.3, -0.25) is 0 Å². The summed E-state index contributed by atoms with van der Waals surface area (Å²) in [6, 6.07) is 29.6. The molecule has 2 aliphatic rings. The van der Waals surface area contributed by atoms with Crippen molar-refractivity contribution in [1.29, 1.82) is 0 Å². The maximum atomic E-state index is 6.21. The fourth-order valence-electron chi connectivity index (χ4n) is 4.70. The maximum absolute atomic E-state index is 6.21. The Balaban J connectivity index is 1.17. The van der Waals surface area contributed by atoms with Crippen molar-refractivity contribution in [2.75, 3.05) is 11.9 Å². The topological polar surface area (TPSA) is 39.7 Å². The zero-order valence-electron chi connectivity index (χ0n) is 18.9. The molecule has 1 heterocycles. The second-order valence-electron chi connectivity index (χ2n) is 8.97. The standard InChI is InChI=1S/C29H31NO3/c1-22(23-12-14-25(15-13-23)24-8-4-2-5-9-24)28-18-21-31-29(33-32-28)19-16-27(17-20-29)30-26-10-6-3-7-11-26/h2-15,27-28,30H,1,16-21H2. The van der Waals surface area contributed by atoms with Crippen molar-refractivity contribution in [3.05, 3.63) is 97.1 Å². The van der Waals surface area contributed by atoms with E-state index < -0.39 is 5.79 Å². The van der Waals surface area contributed by atoms with Crippen molar-refractivity contribution in [2.24, 2.45) is 0 Å². The molecule has 1 N–H and O–H groups in total. The Bertz CT molecular complexity index is 1040. The number of hydrogen-bond acceptors (Lipinski definition) is 4. The number of rotatable bonds is 5. The number of hydrogen-bond donors (Lipinski definition) is 1. The third kappa shape index (κ3) is 5.19. The molecule has 0 bridgehead atoms. The second kappa shape index (κ2) is 9.92. The van der Waals surface area contributed by atoms with Gasteiger partial charge < -0.3 is 10.1 Å². The minimum Gasteiger partial charge on any atom is -0.382 e. The Morgan fingerprint density at radius 1 is 0.788 bits per heavy atom. The molecule has 1 saturated carbocycles. The molecule has 0 radical (unpaired) electrons. The molecule has 4 nitrogen and oxygen atoms in total. The summed E-state index contributed by atoms with van der Waals surface area (Å²) >= 11 is 0. The van der Waals surface area contributed by atoms with E-state index in [0.29, 0.717) is 12.6 Å². The minimum absolute atomic E-state index is 0.216. The predicted molar refractivity (Wildman–Crippen MR) is 132 cm³/mol. The summed E-state index contributed by atoms with van der Waals surface area (Å²) in [6.07, 6.45) is 4.08. The van der Waals surface area contributed by atoms with Crippen LogP contribution in [0.5, 0.6) is 0 Å². The van der Waals surface area contributed by atoms with Gasteiger partial charge in [0.1, 0.15) is 6.10 Å². The third-order valence-corrected chi connectivity index (χ3v) is 6.70. The predicted octanol–water partition coefficient (Wildman–Crippen LogP) is 6.85. The van der Waals surface area contributed by atoms with Gasteiger partial charge >= 0.3 is 0 Å². The Kier molecular flexibility index (Phi) is 6.58. The van der Waals surface area contributed by atoms with Crippen molar-refractivity contribution >= 4 is 11.3 Å². The lowest BCUT2D eigenvalue weighted by atomic mass is 9.90. The van der Waals surface area contributed by atoms with Crippen LogP contribution in [-0.2, 0) is 14.5 Å². The highest BCUT2D eigenvalue weighted by Gasteiger charge is 2.41. The lowest BCUT2D eigenvalue weighted by Crippen LogP contribution is -2.42. The van der Waals surface area contributed by atoms with Crippen LogP contribution in [0.25, 0.3) is 16.7 Å². The molecule has 1 aliphatic heterocycles. The highest BCUT2D eigenvalue weighted by Crippen LogP contribution is 2.38. The molecule has 0 amide bonds. The van der Waals surface area contributed by atoms with Crippen molar-refractivity contribution in [3.63, 3.8) is 0 Å². The van der Waals surface area contributed by atoms with Crippen LogP contribution in [0.1, 0.15) is 37.7 Å². The van der Waals surface area contributed by atoms with Crippen LogP contribution in [0.3, 0.4) is 0 Å². The van der Waals surface area contributed by atoms with Gasteiger partial charge in [-0.2, -0.15) is 0 Å².